The van der Waals surface area contributed by atoms with Crippen LogP contribution in [0.5, 0.6) is 0 Å². The van der Waals surface area contributed by atoms with E-state index in [9.17, 15) is 0 Å². The zero-order chi connectivity index (χ0) is 9.68. The van der Waals surface area contributed by atoms with Crippen molar-refractivity contribution in [2.45, 2.75) is 13.3 Å². The van der Waals surface area contributed by atoms with Crippen LogP contribution in [0.15, 0.2) is 29.4 Å². The predicted octanol–water partition coefficient (Wildman–Crippen LogP) is 2.90. The number of halogens is 1. The molecule has 1 aromatic carbocycles. The molecular formula is C10H12ClNO. The van der Waals surface area contributed by atoms with Crippen LogP contribution in [0.2, 0.25) is 5.02 Å². The van der Waals surface area contributed by atoms with Crippen molar-refractivity contribution in [3.63, 3.8) is 0 Å². The van der Waals surface area contributed by atoms with Gasteiger partial charge in [0.05, 0.1) is 5.71 Å². The maximum absolute atomic E-state index is 5.75. The Bertz CT molecular complexity index is 292. The summed E-state index contributed by atoms with van der Waals surface area (Å²) in [7, 11) is 1.55. The Labute approximate surface area is 83.2 Å². The monoisotopic (exact) mass is 197 g/mol. The van der Waals surface area contributed by atoms with Gasteiger partial charge in [0.15, 0.2) is 0 Å². The van der Waals surface area contributed by atoms with Gasteiger partial charge in [0.1, 0.15) is 7.11 Å². The van der Waals surface area contributed by atoms with Crippen LogP contribution < -0.4 is 0 Å². The molecular weight excluding hydrogens is 186 g/mol. The summed E-state index contributed by atoms with van der Waals surface area (Å²) in [5, 5.41) is 4.58. The number of benzene rings is 1. The molecule has 1 aromatic rings. The second-order valence-corrected chi connectivity index (χ2v) is 3.25. The van der Waals surface area contributed by atoms with Gasteiger partial charge >= 0.3 is 0 Å². The molecule has 0 aliphatic carbocycles. The molecule has 1 rings (SSSR count). The zero-order valence-corrected chi connectivity index (χ0v) is 8.51. The lowest BCUT2D eigenvalue weighted by Crippen LogP contribution is -1.97. The van der Waals surface area contributed by atoms with Gasteiger partial charge in [-0.3, -0.25) is 0 Å². The zero-order valence-electron chi connectivity index (χ0n) is 7.75. The Morgan fingerprint density at radius 1 is 1.38 bits per heavy atom. The second-order valence-electron chi connectivity index (χ2n) is 2.81. The summed E-state index contributed by atoms with van der Waals surface area (Å²) in [4.78, 5) is 4.66. The first kappa shape index (κ1) is 10.1. The molecule has 3 heteroatoms. The van der Waals surface area contributed by atoms with E-state index >= 15 is 0 Å². The first-order valence-corrected chi connectivity index (χ1v) is 4.41. The van der Waals surface area contributed by atoms with E-state index < -0.39 is 0 Å². The topological polar surface area (TPSA) is 21.6 Å². The molecule has 2 nitrogen and oxygen atoms in total. The van der Waals surface area contributed by atoms with Crippen molar-refractivity contribution in [3.05, 3.63) is 34.9 Å². The summed E-state index contributed by atoms with van der Waals surface area (Å²) in [6.07, 6.45) is 0.797. The van der Waals surface area contributed by atoms with Crippen LogP contribution in [-0.2, 0) is 11.3 Å². The lowest BCUT2D eigenvalue weighted by molar-refractivity contribution is 0.212. The minimum Gasteiger partial charge on any atom is -0.399 e. The lowest BCUT2D eigenvalue weighted by Gasteiger charge is -2.00. The lowest BCUT2D eigenvalue weighted by atomic mass is 10.1. The molecule has 0 aliphatic heterocycles. The Morgan fingerprint density at radius 3 is 2.54 bits per heavy atom. The third kappa shape index (κ3) is 3.47. The molecule has 0 aromatic heterocycles. The van der Waals surface area contributed by atoms with Gasteiger partial charge in [0, 0.05) is 11.4 Å². The van der Waals surface area contributed by atoms with E-state index in [4.69, 9.17) is 11.6 Å². The largest absolute Gasteiger partial charge is 0.399 e. The quantitative estimate of drug-likeness (QED) is 0.540. The standard InChI is InChI=1S/C10H12ClNO/c1-8(12-13-2)7-9-3-5-10(11)6-4-9/h3-6H,7H2,1-2H3/b12-8+. The summed E-state index contributed by atoms with van der Waals surface area (Å²) in [5.74, 6) is 0. The van der Waals surface area contributed by atoms with E-state index in [-0.39, 0.29) is 0 Å². The van der Waals surface area contributed by atoms with Gasteiger partial charge in [0.2, 0.25) is 0 Å². The molecule has 0 saturated carbocycles. The third-order valence-electron chi connectivity index (χ3n) is 1.62. The molecule has 0 radical (unpaired) electrons. The van der Waals surface area contributed by atoms with E-state index in [0.29, 0.717) is 0 Å². The number of hydrogen-bond donors (Lipinski definition) is 0. The van der Waals surface area contributed by atoms with Crippen LogP contribution in [0.3, 0.4) is 0 Å². The van der Waals surface area contributed by atoms with Crippen LogP contribution in [0.25, 0.3) is 0 Å². The molecule has 70 valence electrons. The fourth-order valence-electron chi connectivity index (χ4n) is 1.09. The maximum Gasteiger partial charge on any atom is 0.106 e. The Kier molecular flexibility index (Phi) is 3.77. The van der Waals surface area contributed by atoms with Crippen molar-refractivity contribution >= 4 is 17.3 Å². The third-order valence-corrected chi connectivity index (χ3v) is 1.87. The van der Waals surface area contributed by atoms with Gasteiger partial charge in [-0.2, -0.15) is 0 Å². The smallest absolute Gasteiger partial charge is 0.106 e. The molecule has 13 heavy (non-hydrogen) atoms. The van der Waals surface area contributed by atoms with Gasteiger partial charge in [-0.15, -0.1) is 0 Å². The van der Waals surface area contributed by atoms with Crippen LogP contribution >= 0.6 is 11.6 Å². The predicted molar refractivity (Wildman–Crippen MR) is 55.3 cm³/mol. The van der Waals surface area contributed by atoms with Gasteiger partial charge in [-0.25, -0.2) is 0 Å². The van der Waals surface area contributed by atoms with Crippen molar-refractivity contribution in [2.75, 3.05) is 7.11 Å². The number of nitrogens with zero attached hydrogens (tertiary/aromatic N) is 1. The van der Waals surface area contributed by atoms with Crippen molar-refractivity contribution in [3.8, 4) is 0 Å². The maximum atomic E-state index is 5.75. The number of hydrogen-bond acceptors (Lipinski definition) is 2. The highest BCUT2D eigenvalue weighted by molar-refractivity contribution is 6.30. The minimum absolute atomic E-state index is 0.755. The SMILES string of the molecule is CO/N=C(\C)Cc1ccc(Cl)cc1. The van der Waals surface area contributed by atoms with E-state index in [1.54, 1.807) is 7.11 Å². The highest BCUT2D eigenvalue weighted by atomic mass is 35.5. The Hall–Kier alpha value is -1.02. The van der Waals surface area contributed by atoms with Gasteiger partial charge in [-0.1, -0.05) is 28.9 Å². The average molecular weight is 198 g/mol. The van der Waals surface area contributed by atoms with Gasteiger partial charge < -0.3 is 4.84 Å². The molecule has 0 aliphatic rings. The molecule has 0 unspecified atom stereocenters. The summed E-state index contributed by atoms with van der Waals surface area (Å²) in [5.41, 5.74) is 2.13. The molecule has 0 N–H and O–H groups in total. The van der Waals surface area contributed by atoms with E-state index in [2.05, 4.69) is 9.99 Å². The van der Waals surface area contributed by atoms with Crippen LogP contribution in [0.1, 0.15) is 12.5 Å². The van der Waals surface area contributed by atoms with Crippen molar-refractivity contribution in [2.24, 2.45) is 5.16 Å². The number of rotatable bonds is 3. The normalized spacial score (nSPS) is 11.5. The van der Waals surface area contributed by atoms with E-state index in [1.165, 1.54) is 5.56 Å². The summed E-state index contributed by atoms with van der Waals surface area (Å²) in [6.45, 7) is 1.93. The molecule has 0 spiro atoms. The second kappa shape index (κ2) is 4.87. The Morgan fingerprint density at radius 2 is 2.00 bits per heavy atom. The van der Waals surface area contributed by atoms with E-state index in [0.717, 1.165) is 17.2 Å². The summed E-state index contributed by atoms with van der Waals surface area (Å²) >= 11 is 5.75. The summed E-state index contributed by atoms with van der Waals surface area (Å²) < 4.78 is 0. The average Bonchev–Trinajstić information content (AvgIpc) is 2.09. The molecule has 0 saturated heterocycles. The number of oxime groups is 1. The Balaban J connectivity index is 2.64. The highest BCUT2D eigenvalue weighted by Gasteiger charge is 1.96. The van der Waals surface area contributed by atoms with Crippen molar-refractivity contribution in [1.29, 1.82) is 0 Å². The molecule has 0 amide bonds. The van der Waals surface area contributed by atoms with Crippen molar-refractivity contribution in [1.82, 2.24) is 0 Å². The van der Waals surface area contributed by atoms with E-state index in [1.807, 2.05) is 31.2 Å². The highest BCUT2D eigenvalue weighted by Crippen LogP contribution is 2.10. The van der Waals surface area contributed by atoms with Crippen LogP contribution in [-0.4, -0.2) is 12.8 Å². The fraction of sp³-hybridized carbons (Fsp3) is 0.300. The fourth-order valence-corrected chi connectivity index (χ4v) is 1.21. The molecule has 0 fully saturated rings. The van der Waals surface area contributed by atoms with Gasteiger partial charge in [0.25, 0.3) is 0 Å². The molecule has 0 atom stereocenters. The first-order chi connectivity index (χ1) is 6.22. The van der Waals surface area contributed by atoms with Crippen LogP contribution in [0, 0.1) is 0 Å². The van der Waals surface area contributed by atoms with Crippen LogP contribution in [0.4, 0.5) is 0 Å². The molecule has 0 bridgehead atoms. The molecule has 0 heterocycles. The van der Waals surface area contributed by atoms with Crippen molar-refractivity contribution < 1.29 is 4.84 Å². The minimum atomic E-state index is 0.755. The first-order valence-electron chi connectivity index (χ1n) is 4.03. The van der Waals surface area contributed by atoms with Gasteiger partial charge in [-0.05, 0) is 24.6 Å². The summed E-state index contributed by atoms with van der Waals surface area (Å²) in [6, 6.07) is 7.71.